The van der Waals surface area contributed by atoms with Crippen LogP contribution in [0.25, 0.3) is 11.1 Å². The second-order valence-electron chi connectivity index (χ2n) is 8.69. The molecule has 1 unspecified atom stereocenters. The molecule has 0 saturated heterocycles. The Morgan fingerprint density at radius 2 is 2.00 bits per heavy atom. The van der Waals surface area contributed by atoms with Crippen molar-refractivity contribution in [1.82, 2.24) is 14.8 Å². The maximum Gasteiger partial charge on any atom is 0.341 e. The van der Waals surface area contributed by atoms with Crippen LogP contribution < -0.4 is 10.1 Å². The second-order valence-corrected chi connectivity index (χ2v) is 10.9. The summed E-state index contributed by atoms with van der Waals surface area (Å²) in [5, 5.41) is 15.0. The third-order valence-corrected chi connectivity index (χ3v) is 8.09. The van der Waals surface area contributed by atoms with Gasteiger partial charge in [0.2, 0.25) is 5.91 Å². The molecule has 0 spiro atoms. The number of thiophene rings is 1. The number of rotatable bonds is 12. The van der Waals surface area contributed by atoms with Gasteiger partial charge in [-0.15, -0.1) is 28.1 Å². The Labute approximate surface area is 246 Å². The first-order chi connectivity index (χ1) is 19.3. The molecule has 0 saturated carbocycles. The summed E-state index contributed by atoms with van der Waals surface area (Å²) < 4.78 is 13.2. The highest BCUT2D eigenvalue weighted by molar-refractivity contribution is 7.99. The van der Waals surface area contributed by atoms with Crippen LogP contribution in [0.1, 0.15) is 41.7 Å². The fourth-order valence-electron chi connectivity index (χ4n) is 3.93. The van der Waals surface area contributed by atoms with Gasteiger partial charge in [-0.3, -0.25) is 9.36 Å². The summed E-state index contributed by atoms with van der Waals surface area (Å²) in [7, 11) is 0. The van der Waals surface area contributed by atoms with Gasteiger partial charge in [-0.05, 0) is 50.1 Å². The van der Waals surface area contributed by atoms with E-state index >= 15 is 0 Å². The number of ether oxygens (including phenoxy) is 2. The molecule has 11 heteroatoms. The number of benzene rings is 2. The van der Waals surface area contributed by atoms with Gasteiger partial charge in [0, 0.05) is 22.5 Å². The molecule has 0 aliphatic rings. The largest absolute Gasteiger partial charge is 0.483 e. The highest BCUT2D eigenvalue weighted by Gasteiger charge is 2.24. The predicted octanol–water partition coefficient (Wildman–Crippen LogP) is 7.20. The van der Waals surface area contributed by atoms with Crippen molar-refractivity contribution >= 4 is 51.6 Å². The smallest absolute Gasteiger partial charge is 0.341 e. The fraction of sp³-hybridized carbons (Fsp3) is 0.241. The molecule has 1 amide bonds. The molecule has 0 aliphatic heterocycles. The van der Waals surface area contributed by atoms with E-state index in [9.17, 15) is 9.59 Å². The van der Waals surface area contributed by atoms with Crippen molar-refractivity contribution in [3.63, 3.8) is 0 Å². The molecule has 0 fully saturated rings. The summed E-state index contributed by atoms with van der Waals surface area (Å²) in [6.45, 7) is 10.1. The molecule has 0 bridgehead atoms. The van der Waals surface area contributed by atoms with E-state index in [1.54, 1.807) is 25.1 Å². The van der Waals surface area contributed by atoms with E-state index in [0.29, 0.717) is 44.4 Å². The number of nitrogens with zero attached hydrogens (tertiary/aromatic N) is 3. The summed E-state index contributed by atoms with van der Waals surface area (Å²) in [5.41, 5.74) is 2.84. The number of thioether (sulfide) groups is 1. The molecule has 1 atom stereocenters. The third kappa shape index (κ3) is 6.93. The number of carbonyl (C=O) groups excluding carboxylic acids is 2. The van der Waals surface area contributed by atoms with Crippen LogP contribution in [0.2, 0.25) is 5.02 Å². The van der Waals surface area contributed by atoms with E-state index in [-0.39, 0.29) is 18.3 Å². The van der Waals surface area contributed by atoms with Crippen LogP contribution in [0.5, 0.6) is 5.75 Å². The van der Waals surface area contributed by atoms with Crippen molar-refractivity contribution in [2.45, 2.75) is 38.6 Å². The number of nitrogens with one attached hydrogen (secondary N) is 1. The van der Waals surface area contributed by atoms with Crippen molar-refractivity contribution in [1.29, 1.82) is 0 Å². The Morgan fingerprint density at radius 1 is 1.23 bits per heavy atom. The lowest BCUT2D eigenvalue weighted by atomic mass is 10.0. The van der Waals surface area contributed by atoms with Crippen molar-refractivity contribution < 1.29 is 19.1 Å². The molecule has 1 N–H and O–H groups in total. The Balaban J connectivity index is 1.48. The molecule has 0 radical (unpaired) electrons. The Morgan fingerprint density at radius 3 is 2.70 bits per heavy atom. The number of aryl methyl sites for hydroxylation is 1. The van der Waals surface area contributed by atoms with Gasteiger partial charge in [-0.2, -0.15) is 0 Å². The van der Waals surface area contributed by atoms with Crippen molar-refractivity contribution in [2.24, 2.45) is 0 Å². The molecule has 2 heterocycles. The Hall–Kier alpha value is -3.60. The summed E-state index contributed by atoms with van der Waals surface area (Å²) in [6, 6.07) is 15.0. The van der Waals surface area contributed by atoms with Gasteiger partial charge in [-0.25, -0.2) is 4.79 Å². The van der Waals surface area contributed by atoms with Crippen LogP contribution in [0.3, 0.4) is 0 Å². The highest BCUT2D eigenvalue weighted by Crippen LogP contribution is 2.36. The highest BCUT2D eigenvalue weighted by atomic mass is 35.5. The topological polar surface area (TPSA) is 95.3 Å². The standard InChI is InChI=1S/C29H29ClN4O4S2/c1-5-14-34-26(19(4)38-21-12-13-23(30)18(3)15-21)32-33-29(34)40-17-24(35)31-27-25(28(36)37-6-2)22(16-39-27)20-10-8-7-9-11-20/h5,7-13,15-16,19H,1,6,14,17H2,2-4H3,(H,31,35). The first kappa shape index (κ1) is 29.4. The maximum atomic E-state index is 13.0. The zero-order valence-corrected chi connectivity index (χ0v) is 24.7. The number of halogens is 1. The molecule has 2 aromatic carbocycles. The Kier molecular flexibility index (Phi) is 10.0. The maximum absolute atomic E-state index is 13.0. The predicted molar refractivity (Wildman–Crippen MR) is 161 cm³/mol. The molecule has 40 heavy (non-hydrogen) atoms. The normalized spacial score (nSPS) is 11.6. The van der Waals surface area contributed by atoms with E-state index < -0.39 is 12.1 Å². The first-order valence-corrected chi connectivity index (χ1v) is 14.8. The van der Waals surface area contributed by atoms with Gasteiger partial charge in [0.05, 0.1) is 12.4 Å². The fourth-order valence-corrected chi connectivity index (χ4v) is 5.78. The van der Waals surface area contributed by atoms with E-state index in [1.165, 1.54) is 23.1 Å². The molecule has 4 aromatic rings. The van der Waals surface area contributed by atoms with Crippen LogP contribution in [-0.2, 0) is 16.1 Å². The molecular formula is C29H29ClN4O4S2. The molecular weight excluding hydrogens is 568 g/mol. The minimum absolute atomic E-state index is 0.0573. The minimum Gasteiger partial charge on any atom is -0.483 e. The number of esters is 1. The Bertz CT molecular complexity index is 1500. The number of amides is 1. The summed E-state index contributed by atoms with van der Waals surface area (Å²) in [4.78, 5) is 25.8. The van der Waals surface area contributed by atoms with E-state index in [4.69, 9.17) is 21.1 Å². The van der Waals surface area contributed by atoms with Crippen LogP contribution in [-0.4, -0.2) is 39.0 Å². The van der Waals surface area contributed by atoms with Gasteiger partial charge >= 0.3 is 5.97 Å². The zero-order valence-electron chi connectivity index (χ0n) is 22.3. The van der Waals surface area contributed by atoms with Crippen molar-refractivity contribution in [3.8, 4) is 16.9 Å². The van der Waals surface area contributed by atoms with Crippen molar-refractivity contribution in [3.05, 3.63) is 88.5 Å². The lowest BCUT2D eigenvalue weighted by molar-refractivity contribution is -0.113. The average molecular weight is 597 g/mol. The monoisotopic (exact) mass is 596 g/mol. The lowest BCUT2D eigenvalue weighted by Crippen LogP contribution is -2.17. The SMILES string of the molecule is C=CCn1c(SCC(=O)Nc2scc(-c3ccccc3)c2C(=O)OCC)nnc1C(C)Oc1ccc(Cl)c(C)c1. The summed E-state index contributed by atoms with van der Waals surface area (Å²) >= 11 is 8.65. The summed E-state index contributed by atoms with van der Waals surface area (Å²) in [6.07, 6.45) is 1.32. The second kappa shape index (κ2) is 13.6. The molecule has 0 aliphatic carbocycles. The average Bonchev–Trinajstić information content (AvgIpc) is 3.54. The molecule has 208 valence electrons. The number of hydrogen-bond acceptors (Lipinski definition) is 8. The number of carbonyl (C=O) groups is 2. The van der Waals surface area contributed by atoms with Crippen LogP contribution in [0, 0.1) is 6.92 Å². The minimum atomic E-state index is -0.481. The lowest BCUT2D eigenvalue weighted by Gasteiger charge is -2.16. The van der Waals surface area contributed by atoms with Gasteiger partial charge in [0.25, 0.3) is 0 Å². The summed E-state index contributed by atoms with van der Waals surface area (Å²) in [5.74, 6) is 0.561. The third-order valence-electron chi connectivity index (χ3n) is 5.80. The molecule has 4 rings (SSSR count). The number of aromatic nitrogens is 3. The van der Waals surface area contributed by atoms with Crippen molar-refractivity contribution in [2.75, 3.05) is 17.7 Å². The zero-order chi connectivity index (χ0) is 28.6. The number of anilines is 1. The quantitative estimate of drug-likeness (QED) is 0.105. The van der Waals surface area contributed by atoms with E-state index in [1.807, 2.05) is 60.2 Å². The number of hydrogen-bond donors (Lipinski definition) is 1. The van der Waals surface area contributed by atoms with Gasteiger partial charge in [-0.1, -0.05) is 59.8 Å². The van der Waals surface area contributed by atoms with E-state index in [0.717, 1.165) is 11.1 Å². The molecule has 8 nitrogen and oxygen atoms in total. The first-order valence-electron chi connectivity index (χ1n) is 12.6. The van der Waals surface area contributed by atoms with E-state index in [2.05, 4.69) is 22.1 Å². The van der Waals surface area contributed by atoms with Crippen LogP contribution in [0.15, 0.2) is 71.7 Å². The van der Waals surface area contributed by atoms with Gasteiger partial charge < -0.3 is 14.8 Å². The molecule has 2 aromatic heterocycles. The van der Waals surface area contributed by atoms with Gasteiger partial charge in [0.15, 0.2) is 17.1 Å². The van der Waals surface area contributed by atoms with Crippen LogP contribution >= 0.6 is 34.7 Å². The number of allylic oxidation sites excluding steroid dienone is 1. The van der Waals surface area contributed by atoms with Gasteiger partial charge in [0.1, 0.15) is 16.3 Å². The van der Waals surface area contributed by atoms with Crippen LogP contribution in [0.4, 0.5) is 5.00 Å².